The first kappa shape index (κ1) is 12.0. The third kappa shape index (κ3) is 2.48. The van der Waals surface area contributed by atoms with E-state index in [0.29, 0.717) is 6.42 Å². The summed E-state index contributed by atoms with van der Waals surface area (Å²) < 4.78 is 22.2. The summed E-state index contributed by atoms with van der Waals surface area (Å²) in [7, 11) is -2.88. The van der Waals surface area contributed by atoms with Gasteiger partial charge in [0.1, 0.15) is 9.84 Å². The Kier molecular flexibility index (Phi) is 2.99. The molecule has 1 saturated carbocycles. The molecular weight excluding hydrogens is 198 g/mol. The molecule has 0 heterocycles. The average molecular weight is 219 g/mol. The number of hydrogen-bond donors (Lipinski definition) is 1. The van der Waals surface area contributed by atoms with Crippen LogP contribution in [0, 0.1) is 5.41 Å². The fourth-order valence-corrected chi connectivity index (χ4v) is 3.00. The maximum Gasteiger partial charge on any atom is 0.147 e. The van der Waals surface area contributed by atoms with E-state index in [2.05, 4.69) is 13.8 Å². The molecule has 0 aliphatic heterocycles. The fraction of sp³-hybridized carbons (Fsp3) is 1.00. The standard InChI is InChI=1S/C10H21NO2S/c1-9(2)5-4-6-10(9,11)7-8-14(3,12)13/h4-8,11H2,1-3H3. The third-order valence-corrected chi connectivity index (χ3v) is 4.64. The Balaban J connectivity index is 2.67. The molecular formula is C10H21NO2S. The molecule has 4 heteroatoms. The Morgan fingerprint density at radius 1 is 1.29 bits per heavy atom. The Labute approximate surface area is 87.0 Å². The van der Waals surface area contributed by atoms with E-state index in [1.165, 1.54) is 6.26 Å². The molecule has 1 aliphatic carbocycles. The van der Waals surface area contributed by atoms with Crippen LogP contribution in [0.2, 0.25) is 0 Å². The van der Waals surface area contributed by atoms with Crippen molar-refractivity contribution in [3.63, 3.8) is 0 Å². The highest BCUT2D eigenvalue weighted by Gasteiger charge is 2.45. The van der Waals surface area contributed by atoms with Gasteiger partial charge in [0, 0.05) is 11.8 Å². The molecule has 1 unspecified atom stereocenters. The van der Waals surface area contributed by atoms with Gasteiger partial charge in [-0.05, 0) is 24.7 Å². The molecule has 0 bridgehead atoms. The lowest BCUT2D eigenvalue weighted by Gasteiger charge is -2.38. The molecule has 1 rings (SSSR count). The van der Waals surface area contributed by atoms with Gasteiger partial charge >= 0.3 is 0 Å². The first-order valence-corrected chi connectivity index (χ1v) is 7.19. The molecule has 0 aromatic heterocycles. The summed E-state index contributed by atoms with van der Waals surface area (Å²) in [4.78, 5) is 0. The number of hydrogen-bond acceptors (Lipinski definition) is 3. The summed E-state index contributed by atoms with van der Waals surface area (Å²) >= 11 is 0. The van der Waals surface area contributed by atoms with Crippen LogP contribution in [0.4, 0.5) is 0 Å². The molecule has 84 valence electrons. The van der Waals surface area contributed by atoms with Crippen LogP contribution in [-0.4, -0.2) is 26.0 Å². The molecule has 3 nitrogen and oxygen atoms in total. The number of nitrogens with two attached hydrogens (primary N) is 1. The van der Waals surface area contributed by atoms with Crippen LogP contribution in [0.3, 0.4) is 0 Å². The summed E-state index contributed by atoms with van der Waals surface area (Å²) in [5, 5.41) is 0. The van der Waals surface area contributed by atoms with Crippen LogP contribution in [0.1, 0.15) is 39.5 Å². The van der Waals surface area contributed by atoms with Gasteiger partial charge in [-0.1, -0.05) is 20.3 Å². The zero-order chi connectivity index (χ0) is 11.0. The largest absolute Gasteiger partial charge is 0.325 e. The lowest BCUT2D eigenvalue weighted by atomic mass is 9.74. The molecule has 2 N–H and O–H groups in total. The van der Waals surface area contributed by atoms with E-state index >= 15 is 0 Å². The van der Waals surface area contributed by atoms with Gasteiger partial charge in [-0.3, -0.25) is 0 Å². The lowest BCUT2D eigenvalue weighted by molar-refractivity contribution is 0.202. The Morgan fingerprint density at radius 2 is 1.86 bits per heavy atom. The highest BCUT2D eigenvalue weighted by Crippen LogP contribution is 2.46. The van der Waals surface area contributed by atoms with E-state index in [9.17, 15) is 8.42 Å². The van der Waals surface area contributed by atoms with E-state index in [0.717, 1.165) is 19.3 Å². The topological polar surface area (TPSA) is 60.2 Å². The molecule has 0 aromatic rings. The van der Waals surface area contributed by atoms with Crippen LogP contribution in [-0.2, 0) is 9.84 Å². The minimum Gasteiger partial charge on any atom is -0.325 e. The fourth-order valence-electron chi connectivity index (χ4n) is 2.26. The van der Waals surface area contributed by atoms with Crippen LogP contribution in [0.15, 0.2) is 0 Å². The Hall–Kier alpha value is -0.0900. The predicted molar refractivity (Wildman–Crippen MR) is 58.9 cm³/mol. The second kappa shape index (κ2) is 3.49. The van der Waals surface area contributed by atoms with Crippen molar-refractivity contribution in [2.45, 2.75) is 45.1 Å². The zero-order valence-corrected chi connectivity index (χ0v) is 10.2. The molecule has 1 atom stereocenters. The quantitative estimate of drug-likeness (QED) is 0.779. The number of sulfone groups is 1. The van der Waals surface area contributed by atoms with E-state index < -0.39 is 9.84 Å². The predicted octanol–water partition coefficient (Wildman–Crippen LogP) is 1.33. The molecule has 1 aliphatic rings. The minimum absolute atomic E-state index is 0.0810. The van der Waals surface area contributed by atoms with Gasteiger partial charge in [-0.2, -0.15) is 0 Å². The van der Waals surface area contributed by atoms with Crippen LogP contribution >= 0.6 is 0 Å². The summed E-state index contributed by atoms with van der Waals surface area (Å²) in [6, 6.07) is 0. The van der Waals surface area contributed by atoms with E-state index in [1.807, 2.05) is 0 Å². The SMILES string of the molecule is CC1(C)CCCC1(N)CCS(C)(=O)=O. The third-order valence-electron chi connectivity index (χ3n) is 3.69. The van der Waals surface area contributed by atoms with Crippen molar-refractivity contribution in [3.05, 3.63) is 0 Å². The van der Waals surface area contributed by atoms with Crippen molar-refractivity contribution < 1.29 is 8.42 Å². The van der Waals surface area contributed by atoms with Gasteiger partial charge in [0.2, 0.25) is 0 Å². The van der Waals surface area contributed by atoms with Crippen molar-refractivity contribution in [1.29, 1.82) is 0 Å². The van der Waals surface area contributed by atoms with Crippen LogP contribution in [0.25, 0.3) is 0 Å². The van der Waals surface area contributed by atoms with Gasteiger partial charge in [-0.25, -0.2) is 8.42 Å². The molecule has 14 heavy (non-hydrogen) atoms. The van der Waals surface area contributed by atoms with Gasteiger partial charge < -0.3 is 5.73 Å². The average Bonchev–Trinajstić information content (AvgIpc) is 2.23. The highest BCUT2D eigenvalue weighted by molar-refractivity contribution is 7.90. The monoisotopic (exact) mass is 219 g/mol. The maximum atomic E-state index is 11.1. The normalized spacial score (nSPS) is 32.0. The Morgan fingerprint density at radius 3 is 2.21 bits per heavy atom. The Bertz CT molecular complexity index is 308. The molecule has 0 radical (unpaired) electrons. The van der Waals surface area contributed by atoms with Crippen molar-refractivity contribution in [1.82, 2.24) is 0 Å². The number of rotatable bonds is 3. The van der Waals surface area contributed by atoms with E-state index in [4.69, 9.17) is 5.73 Å². The highest BCUT2D eigenvalue weighted by atomic mass is 32.2. The summed E-state index contributed by atoms with van der Waals surface area (Å²) in [5.41, 5.74) is 6.08. The van der Waals surface area contributed by atoms with Gasteiger partial charge in [0.25, 0.3) is 0 Å². The van der Waals surface area contributed by atoms with Crippen LogP contribution < -0.4 is 5.73 Å². The lowest BCUT2D eigenvalue weighted by Crippen LogP contribution is -2.49. The maximum absolute atomic E-state index is 11.1. The molecule has 0 amide bonds. The smallest absolute Gasteiger partial charge is 0.147 e. The van der Waals surface area contributed by atoms with Gasteiger partial charge in [0.15, 0.2) is 0 Å². The molecule has 1 fully saturated rings. The van der Waals surface area contributed by atoms with Crippen LogP contribution in [0.5, 0.6) is 0 Å². The van der Waals surface area contributed by atoms with Gasteiger partial charge in [0.05, 0.1) is 5.75 Å². The molecule has 0 saturated heterocycles. The van der Waals surface area contributed by atoms with E-state index in [1.54, 1.807) is 0 Å². The van der Waals surface area contributed by atoms with Crippen molar-refractivity contribution in [2.24, 2.45) is 11.1 Å². The summed E-state index contributed by atoms with van der Waals surface area (Å²) in [6.45, 7) is 4.28. The van der Waals surface area contributed by atoms with Crippen molar-refractivity contribution in [2.75, 3.05) is 12.0 Å². The molecule has 0 aromatic carbocycles. The molecule has 0 spiro atoms. The van der Waals surface area contributed by atoms with E-state index in [-0.39, 0.29) is 16.7 Å². The van der Waals surface area contributed by atoms with Gasteiger partial charge in [-0.15, -0.1) is 0 Å². The minimum atomic E-state index is -2.88. The first-order valence-electron chi connectivity index (χ1n) is 5.13. The summed E-state index contributed by atoms with van der Waals surface area (Å²) in [5.74, 6) is 0.215. The second-order valence-electron chi connectivity index (χ2n) is 5.27. The zero-order valence-electron chi connectivity index (χ0n) is 9.34. The summed E-state index contributed by atoms with van der Waals surface area (Å²) in [6.07, 6.45) is 5.05. The van der Waals surface area contributed by atoms with Crippen molar-refractivity contribution in [3.8, 4) is 0 Å². The first-order chi connectivity index (χ1) is 6.16. The van der Waals surface area contributed by atoms with Crippen molar-refractivity contribution >= 4 is 9.84 Å². The second-order valence-corrected chi connectivity index (χ2v) is 7.53.